The van der Waals surface area contributed by atoms with Crippen molar-refractivity contribution in [2.24, 2.45) is 5.41 Å². The highest BCUT2D eigenvalue weighted by molar-refractivity contribution is 5.29. The molecule has 1 aromatic heterocycles. The maximum absolute atomic E-state index is 10.9. The first-order chi connectivity index (χ1) is 9.18. The van der Waals surface area contributed by atoms with Crippen molar-refractivity contribution in [2.45, 2.75) is 65.0 Å². The molecule has 1 heterocycles. The molecule has 1 aliphatic rings. The van der Waals surface area contributed by atoms with E-state index in [2.05, 4.69) is 18.9 Å². The maximum Gasteiger partial charge on any atom is 0.162 e. The van der Waals surface area contributed by atoms with E-state index in [1.165, 1.54) is 12.8 Å². The predicted molar refractivity (Wildman–Crippen MR) is 75.2 cm³/mol. The zero-order valence-electron chi connectivity index (χ0n) is 12.4. The highest BCUT2D eigenvalue weighted by Crippen LogP contribution is 2.51. The first-order valence-corrected chi connectivity index (χ1v) is 7.46. The van der Waals surface area contributed by atoms with Crippen LogP contribution in [0.25, 0.3) is 0 Å². The van der Waals surface area contributed by atoms with E-state index in [1.807, 2.05) is 4.68 Å². The number of rotatable bonds is 6. The first kappa shape index (κ1) is 14.4. The molecule has 4 heteroatoms. The summed E-state index contributed by atoms with van der Waals surface area (Å²) in [5.74, 6) is 0.723. The van der Waals surface area contributed by atoms with Gasteiger partial charge in [-0.15, -0.1) is 0 Å². The summed E-state index contributed by atoms with van der Waals surface area (Å²) in [5.41, 5.74) is 0.881. The largest absolute Gasteiger partial charge is 0.493 e. The Kier molecular flexibility index (Phi) is 4.50. The molecular weight excluding hydrogens is 240 g/mol. The van der Waals surface area contributed by atoms with E-state index in [-0.39, 0.29) is 5.41 Å². The zero-order valence-corrected chi connectivity index (χ0v) is 12.4. The van der Waals surface area contributed by atoms with Gasteiger partial charge in [-0.2, -0.15) is 5.10 Å². The Morgan fingerprint density at radius 1 is 1.42 bits per heavy atom. The monoisotopic (exact) mass is 266 g/mol. The van der Waals surface area contributed by atoms with Crippen molar-refractivity contribution in [2.75, 3.05) is 7.11 Å². The molecule has 1 unspecified atom stereocenters. The van der Waals surface area contributed by atoms with Gasteiger partial charge in [0.2, 0.25) is 0 Å². The van der Waals surface area contributed by atoms with Crippen LogP contribution < -0.4 is 4.74 Å². The minimum Gasteiger partial charge on any atom is -0.493 e. The van der Waals surface area contributed by atoms with Crippen LogP contribution in [0.5, 0.6) is 5.75 Å². The van der Waals surface area contributed by atoms with Crippen molar-refractivity contribution in [1.29, 1.82) is 0 Å². The van der Waals surface area contributed by atoms with Gasteiger partial charge in [-0.25, -0.2) is 0 Å². The van der Waals surface area contributed by atoms with Gasteiger partial charge in [0, 0.05) is 12.0 Å². The summed E-state index contributed by atoms with van der Waals surface area (Å²) in [6.45, 7) is 5.13. The number of aliphatic hydroxyl groups is 1. The van der Waals surface area contributed by atoms with E-state index in [4.69, 9.17) is 4.74 Å². The fraction of sp³-hybridized carbons (Fsp3) is 0.800. The number of aryl methyl sites for hydroxylation is 1. The molecular formula is C15H26N2O2. The average Bonchev–Trinajstić information content (AvgIpc) is 3.05. The second kappa shape index (κ2) is 5.95. The molecule has 108 valence electrons. The third kappa shape index (κ3) is 2.50. The lowest BCUT2D eigenvalue weighted by molar-refractivity contribution is 0.0152. The number of aliphatic hydroxyl groups excluding tert-OH is 1. The average molecular weight is 266 g/mol. The molecule has 0 amide bonds. The van der Waals surface area contributed by atoms with E-state index in [9.17, 15) is 5.11 Å². The van der Waals surface area contributed by atoms with Crippen molar-refractivity contribution < 1.29 is 9.84 Å². The summed E-state index contributed by atoms with van der Waals surface area (Å²) in [5, 5.41) is 15.3. The lowest BCUT2D eigenvalue weighted by Crippen LogP contribution is -2.27. The molecule has 1 aromatic rings. The molecule has 0 spiro atoms. The zero-order chi connectivity index (χ0) is 13.9. The SMILES string of the molecule is CCCn1ncc(OC)c1C(O)C1(CC)CCCC1. The number of aromatic nitrogens is 2. The molecule has 1 saturated carbocycles. The lowest BCUT2D eigenvalue weighted by atomic mass is 9.76. The fourth-order valence-electron chi connectivity index (χ4n) is 3.39. The van der Waals surface area contributed by atoms with Crippen LogP contribution in [0.15, 0.2) is 6.20 Å². The van der Waals surface area contributed by atoms with Crippen molar-refractivity contribution >= 4 is 0 Å². The van der Waals surface area contributed by atoms with E-state index < -0.39 is 6.10 Å². The summed E-state index contributed by atoms with van der Waals surface area (Å²) < 4.78 is 7.32. The molecule has 0 saturated heterocycles. The van der Waals surface area contributed by atoms with E-state index >= 15 is 0 Å². The van der Waals surface area contributed by atoms with E-state index in [1.54, 1.807) is 13.3 Å². The Labute approximate surface area is 115 Å². The fourth-order valence-corrected chi connectivity index (χ4v) is 3.39. The van der Waals surface area contributed by atoms with Crippen molar-refractivity contribution in [3.8, 4) is 5.75 Å². The van der Waals surface area contributed by atoms with Gasteiger partial charge in [-0.1, -0.05) is 26.7 Å². The Hall–Kier alpha value is -1.03. The molecule has 1 aliphatic carbocycles. The van der Waals surface area contributed by atoms with E-state index in [0.29, 0.717) is 0 Å². The number of hydrogen-bond acceptors (Lipinski definition) is 3. The summed E-state index contributed by atoms with van der Waals surface area (Å²) in [4.78, 5) is 0. The van der Waals surface area contributed by atoms with E-state index in [0.717, 1.165) is 43.7 Å². The Morgan fingerprint density at radius 2 is 2.11 bits per heavy atom. The minimum atomic E-state index is -0.469. The number of hydrogen-bond donors (Lipinski definition) is 1. The molecule has 0 aliphatic heterocycles. The second-order valence-electron chi connectivity index (χ2n) is 5.65. The highest BCUT2D eigenvalue weighted by atomic mass is 16.5. The smallest absolute Gasteiger partial charge is 0.162 e. The molecule has 0 bridgehead atoms. The third-order valence-corrected chi connectivity index (χ3v) is 4.64. The molecule has 0 radical (unpaired) electrons. The van der Waals surface area contributed by atoms with Crippen LogP contribution in [0.3, 0.4) is 0 Å². The van der Waals surface area contributed by atoms with Crippen LogP contribution in [0, 0.1) is 5.41 Å². The van der Waals surface area contributed by atoms with Crippen LogP contribution in [-0.4, -0.2) is 22.0 Å². The number of ether oxygens (including phenoxy) is 1. The van der Waals surface area contributed by atoms with Gasteiger partial charge in [0.1, 0.15) is 11.8 Å². The van der Waals surface area contributed by atoms with Crippen LogP contribution in [0.4, 0.5) is 0 Å². The van der Waals surface area contributed by atoms with Crippen molar-refractivity contribution in [3.63, 3.8) is 0 Å². The maximum atomic E-state index is 10.9. The van der Waals surface area contributed by atoms with Gasteiger partial charge in [-0.05, 0) is 25.7 Å². The lowest BCUT2D eigenvalue weighted by Gasteiger charge is -2.33. The van der Waals surface area contributed by atoms with Crippen LogP contribution >= 0.6 is 0 Å². The van der Waals surface area contributed by atoms with Gasteiger partial charge >= 0.3 is 0 Å². The normalized spacial score (nSPS) is 19.6. The molecule has 19 heavy (non-hydrogen) atoms. The Morgan fingerprint density at radius 3 is 2.63 bits per heavy atom. The summed E-state index contributed by atoms with van der Waals surface area (Å²) in [6.07, 6.45) is 7.91. The van der Waals surface area contributed by atoms with Crippen LogP contribution in [0.1, 0.15) is 64.2 Å². The standard InChI is InChI=1S/C15H26N2O2/c1-4-10-17-13(12(19-3)11-16-17)14(18)15(5-2)8-6-7-9-15/h11,14,18H,4-10H2,1-3H3. The summed E-state index contributed by atoms with van der Waals surface area (Å²) in [7, 11) is 1.65. The molecule has 2 rings (SSSR count). The number of nitrogens with zero attached hydrogens (tertiary/aromatic N) is 2. The van der Waals surface area contributed by atoms with Gasteiger partial charge in [0.15, 0.2) is 5.75 Å². The topological polar surface area (TPSA) is 47.3 Å². The van der Waals surface area contributed by atoms with Crippen LogP contribution in [-0.2, 0) is 6.54 Å². The predicted octanol–water partition coefficient (Wildman–Crippen LogP) is 3.31. The first-order valence-electron chi connectivity index (χ1n) is 7.46. The molecule has 1 N–H and O–H groups in total. The summed E-state index contributed by atoms with van der Waals surface area (Å²) in [6, 6.07) is 0. The minimum absolute atomic E-state index is 0.0127. The molecule has 4 nitrogen and oxygen atoms in total. The molecule has 1 fully saturated rings. The van der Waals surface area contributed by atoms with Gasteiger partial charge in [-0.3, -0.25) is 4.68 Å². The van der Waals surface area contributed by atoms with Crippen molar-refractivity contribution in [1.82, 2.24) is 9.78 Å². The highest BCUT2D eigenvalue weighted by Gasteiger charge is 2.42. The van der Waals surface area contributed by atoms with Gasteiger partial charge in [0.05, 0.1) is 13.3 Å². The Bertz CT molecular complexity index is 408. The van der Waals surface area contributed by atoms with Crippen LogP contribution in [0.2, 0.25) is 0 Å². The molecule has 0 aromatic carbocycles. The van der Waals surface area contributed by atoms with Crippen molar-refractivity contribution in [3.05, 3.63) is 11.9 Å². The second-order valence-corrected chi connectivity index (χ2v) is 5.65. The number of methoxy groups -OCH3 is 1. The third-order valence-electron chi connectivity index (χ3n) is 4.64. The summed E-state index contributed by atoms with van der Waals surface area (Å²) >= 11 is 0. The quantitative estimate of drug-likeness (QED) is 0.859. The molecule has 1 atom stereocenters. The van der Waals surface area contributed by atoms with Gasteiger partial charge < -0.3 is 9.84 Å². The van der Waals surface area contributed by atoms with Gasteiger partial charge in [0.25, 0.3) is 0 Å². The Balaban J connectivity index is 2.35.